The number of carbonyl (C=O) groups excluding carboxylic acids is 1. The Morgan fingerprint density at radius 2 is 1.65 bits per heavy atom. The zero-order chi connectivity index (χ0) is 18.6. The number of para-hydroxylation sites is 1. The highest BCUT2D eigenvalue weighted by Gasteiger charge is 2.34. The van der Waals surface area contributed by atoms with Crippen molar-refractivity contribution in [3.8, 4) is 0 Å². The van der Waals surface area contributed by atoms with Crippen molar-refractivity contribution < 1.29 is 13.2 Å². The number of benzene rings is 2. The van der Waals surface area contributed by atoms with E-state index in [1.807, 2.05) is 6.07 Å². The van der Waals surface area contributed by atoms with Gasteiger partial charge < -0.3 is 5.32 Å². The second-order valence-electron chi connectivity index (χ2n) is 6.07. The van der Waals surface area contributed by atoms with Crippen LogP contribution in [0.15, 0.2) is 54.6 Å². The van der Waals surface area contributed by atoms with E-state index in [-0.39, 0.29) is 19.0 Å². The van der Waals surface area contributed by atoms with Crippen molar-refractivity contribution in [3.05, 3.63) is 65.2 Å². The number of hydrogen-bond acceptors (Lipinski definition) is 3. The largest absolute Gasteiger partial charge is 0.325 e. The van der Waals surface area contributed by atoms with E-state index in [0.717, 1.165) is 5.56 Å². The summed E-state index contributed by atoms with van der Waals surface area (Å²) < 4.78 is 28.3. The molecule has 2 aromatic rings. The molecule has 0 aromatic heterocycles. The lowest BCUT2D eigenvalue weighted by molar-refractivity contribution is -0.116. The van der Waals surface area contributed by atoms with Gasteiger partial charge in [-0.25, -0.2) is 0 Å². The molecule has 0 saturated carbocycles. The summed E-state index contributed by atoms with van der Waals surface area (Å²) in [4.78, 5) is 12.2. The van der Waals surface area contributed by atoms with Crippen LogP contribution in [0.1, 0.15) is 12.0 Å². The van der Waals surface area contributed by atoms with Crippen LogP contribution in [0.4, 0.5) is 5.69 Å². The van der Waals surface area contributed by atoms with Crippen LogP contribution in [0.25, 0.3) is 0 Å². The molecule has 0 atom stereocenters. The monoisotopic (exact) mass is 393 g/mol. The van der Waals surface area contributed by atoms with Gasteiger partial charge in [0.1, 0.15) is 0 Å². The van der Waals surface area contributed by atoms with Gasteiger partial charge in [-0.2, -0.15) is 17.0 Å². The molecule has 1 heterocycles. The van der Waals surface area contributed by atoms with E-state index in [2.05, 4.69) is 5.32 Å². The molecule has 26 heavy (non-hydrogen) atoms. The number of amides is 1. The molecule has 0 aliphatic carbocycles. The van der Waals surface area contributed by atoms with Gasteiger partial charge in [-0.15, -0.1) is 0 Å². The summed E-state index contributed by atoms with van der Waals surface area (Å²) in [6.07, 6.45) is 0.672. The first-order valence-electron chi connectivity index (χ1n) is 8.30. The maximum Gasteiger partial charge on any atom is 0.282 e. The summed E-state index contributed by atoms with van der Waals surface area (Å²) in [7, 11) is -3.69. The fraction of sp³-hybridized carbons (Fsp3) is 0.278. The van der Waals surface area contributed by atoms with Gasteiger partial charge in [0.25, 0.3) is 10.2 Å². The van der Waals surface area contributed by atoms with Gasteiger partial charge in [-0.1, -0.05) is 41.9 Å². The molecule has 0 spiro atoms. The molecule has 3 rings (SSSR count). The van der Waals surface area contributed by atoms with Crippen molar-refractivity contribution >= 4 is 33.4 Å². The van der Waals surface area contributed by atoms with Crippen molar-refractivity contribution in [1.29, 1.82) is 0 Å². The maximum atomic E-state index is 12.8. The van der Waals surface area contributed by atoms with Crippen LogP contribution in [-0.2, 0) is 21.5 Å². The Morgan fingerprint density at radius 1 is 1.00 bits per heavy atom. The average molecular weight is 394 g/mol. The summed E-state index contributed by atoms with van der Waals surface area (Å²) in [6, 6.07) is 16.1. The number of rotatable bonds is 5. The number of nitrogens with one attached hydrogen (secondary N) is 1. The number of nitrogens with zero attached hydrogens (tertiary/aromatic N) is 2. The topological polar surface area (TPSA) is 69.7 Å². The first-order valence-corrected chi connectivity index (χ1v) is 10.1. The minimum Gasteiger partial charge on any atom is -0.325 e. The Morgan fingerprint density at radius 3 is 2.35 bits per heavy atom. The highest BCUT2D eigenvalue weighted by atomic mass is 35.5. The van der Waals surface area contributed by atoms with Gasteiger partial charge in [-0.05, 0) is 36.2 Å². The molecule has 0 radical (unpaired) electrons. The summed E-state index contributed by atoms with van der Waals surface area (Å²) in [5, 5.41) is 3.33. The van der Waals surface area contributed by atoms with Crippen LogP contribution >= 0.6 is 11.6 Å². The summed E-state index contributed by atoms with van der Waals surface area (Å²) >= 11 is 5.87. The minimum absolute atomic E-state index is 0.200. The number of halogens is 1. The Bertz CT molecular complexity index is 857. The van der Waals surface area contributed by atoms with Crippen molar-refractivity contribution in [2.24, 2.45) is 0 Å². The van der Waals surface area contributed by atoms with Crippen molar-refractivity contribution in [2.75, 3.05) is 25.0 Å². The van der Waals surface area contributed by atoms with Crippen molar-refractivity contribution in [3.63, 3.8) is 0 Å². The molecule has 8 heteroatoms. The molecule has 1 N–H and O–H groups in total. The lowest BCUT2D eigenvalue weighted by Crippen LogP contribution is -2.51. The Kier molecular flexibility index (Phi) is 5.93. The van der Waals surface area contributed by atoms with Crippen LogP contribution in [0, 0.1) is 0 Å². The molecule has 1 saturated heterocycles. The predicted molar refractivity (Wildman–Crippen MR) is 102 cm³/mol. The zero-order valence-electron chi connectivity index (χ0n) is 14.1. The fourth-order valence-corrected chi connectivity index (χ4v) is 4.58. The molecule has 1 aliphatic heterocycles. The van der Waals surface area contributed by atoms with Gasteiger partial charge in [0.15, 0.2) is 0 Å². The first-order chi connectivity index (χ1) is 12.4. The van der Waals surface area contributed by atoms with E-state index in [1.165, 1.54) is 8.61 Å². The number of carbonyl (C=O) groups is 1. The average Bonchev–Trinajstić information content (AvgIpc) is 2.61. The lowest BCUT2D eigenvalue weighted by Gasteiger charge is -2.34. The van der Waals surface area contributed by atoms with Crippen LogP contribution < -0.4 is 5.32 Å². The van der Waals surface area contributed by atoms with Gasteiger partial charge in [-0.3, -0.25) is 4.79 Å². The second kappa shape index (κ2) is 8.18. The van der Waals surface area contributed by atoms with E-state index in [9.17, 15) is 13.2 Å². The van der Waals surface area contributed by atoms with Crippen LogP contribution in [-0.4, -0.2) is 42.6 Å². The highest BCUT2D eigenvalue weighted by Crippen LogP contribution is 2.20. The van der Waals surface area contributed by atoms with E-state index in [0.29, 0.717) is 30.2 Å². The lowest BCUT2D eigenvalue weighted by atomic mass is 10.2. The molecule has 6 nitrogen and oxygen atoms in total. The minimum atomic E-state index is -3.69. The molecule has 1 amide bonds. The smallest absolute Gasteiger partial charge is 0.282 e. The van der Waals surface area contributed by atoms with Gasteiger partial charge in [0.2, 0.25) is 5.91 Å². The number of hydrogen-bond donors (Lipinski definition) is 1. The van der Waals surface area contributed by atoms with Crippen molar-refractivity contribution in [2.45, 2.75) is 13.0 Å². The summed E-state index contributed by atoms with van der Waals surface area (Å²) in [5.41, 5.74) is 1.50. The third-order valence-electron chi connectivity index (χ3n) is 4.12. The van der Waals surface area contributed by atoms with E-state index >= 15 is 0 Å². The van der Waals surface area contributed by atoms with E-state index < -0.39 is 10.2 Å². The Labute approximate surface area is 158 Å². The third kappa shape index (κ3) is 4.62. The predicted octanol–water partition coefficient (Wildman–Crippen LogP) is 2.73. The van der Waals surface area contributed by atoms with Gasteiger partial charge in [0, 0.05) is 30.3 Å². The first kappa shape index (κ1) is 18.8. The normalized spacial score (nSPS) is 17.7. The molecular formula is C18H20ClN3O3S. The molecule has 0 bridgehead atoms. The molecule has 0 unspecified atom stereocenters. The molecule has 1 fully saturated rings. The molecule has 2 aromatic carbocycles. The van der Waals surface area contributed by atoms with Gasteiger partial charge in [0.05, 0.1) is 6.54 Å². The quantitative estimate of drug-likeness (QED) is 0.849. The Hall–Kier alpha value is -1.93. The maximum absolute atomic E-state index is 12.8. The summed E-state index contributed by atoms with van der Waals surface area (Å²) in [6.45, 7) is 0.827. The molecule has 138 valence electrons. The second-order valence-corrected chi connectivity index (χ2v) is 8.43. The zero-order valence-corrected chi connectivity index (χ0v) is 15.7. The van der Waals surface area contributed by atoms with Crippen molar-refractivity contribution in [1.82, 2.24) is 8.61 Å². The van der Waals surface area contributed by atoms with Crippen LogP contribution in [0.2, 0.25) is 5.02 Å². The standard InChI is InChI=1S/C18H20ClN3O3S/c19-16-9-7-15(8-10-16)13-21-11-4-12-22(26(21,24)25)14-18(23)20-17-5-2-1-3-6-17/h1-3,5-10H,4,11-14H2,(H,20,23). The Balaban J connectivity index is 1.66. The van der Waals surface area contributed by atoms with Gasteiger partial charge >= 0.3 is 0 Å². The van der Waals surface area contributed by atoms with E-state index in [1.54, 1.807) is 48.5 Å². The third-order valence-corrected chi connectivity index (χ3v) is 6.30. The molecular weight excluding hydrogens is 374 g/mol. The number of anilines is 1. The van der Waals surface area contributed by atoms with Crippen LogP contribution in [0.3, 0.4) is 0 Å². The van der Waals surface area contributed by atoms with Crippen LogP contribution in [0.5, 0.6) is 0 Å². The SMILES string of the molecule is O=C(CN1CCCN(Cc2ccc(Cl)cc2)S1(=O)=O)Nc1ccccc1. The fourth-order valence-electron chi connectivity index (χ4n) is 2.81. The van der Waals surface area contributed by atoms with E-state index in [4.69, 9.17) is 11.6 Å². The summed E-state index contributed by atoms with van der Waals surface area (Å²) in [5.74, 6) is -0.354. The molecule has 1 aliphatic rings. The highest BCUT2D eigenvalue weighted by molar-refractivity contribution is 7.86.